The highest BCUT2D eigenvalue weighted by molar-refractivity contribution is 5.16. The van der Waals surface area contributed by atoms with Gasteiger partial charge in [0.2, 0.25) is 0 Å². The number of nitrogens with one attached hydrogen (secondary N) is 1. The molecule has 1 aromatic rings. The second kappa shape index (κ2) is 9.89. The van der Waals surface area contributed by atoms with Gasteiger partial charge < -0.3 is 10.1 Å². The second-order valence-corrected chi connectivity index (χ2v) is 5.89. The van der Waals surface area contributed by atoms with Crippen molar-refractivity contribution in [2.45, 2.75) is 33.1 Å². The summed E-state index contributed by atoms with van der Waals surface area (Å²) in [6.07, 6.45) is 3.09. The number of ether oxygens (including phenoxy) is 1. The third-order valence-electron chi connectivity index (χ3n) is 3.36. The topological polar surface area (TPSA) is 21.3 Å². The maximum atomic E-state index is 13.2. The molecule has 0 aliphatic carbocycles. The van der Waals surface area contributed by atoms with E-state index in [0.717, 1.165) is 44.5 Å². The summed E-state index contributed by atoms with van der Waals surface area (Å²) >= 11 is 0. The molecular formula is C17H28FNO. The summed E-state index contributed by atoms with van der Waals surface area (Å²) < 4.78 is 18.4. The Bertz CT molecular complexity index is 368. The Labute approximate surface area is 122 Å². The molecule has 0 saturated heterocycles. The average Bonchev–Trinajstić information content (AvgIpc) is 2.38. The molecule has 0 radical (unpaired) electrons. The van der Waals surface area contributed by atoms with Crippen molar-refractivity contribution in [2.24, 2.45) is 11.8 Å². The first kappa shape index (κ1) is 17.1. The predicted octanol–water partition coefficient (Wildman–Crippen LogP) is 3.66. The van der Waals surface area contributed by atoms with E-state index in [1.165, 1.54) is 6.07 Å². The first-order chi connectivity index (χ1) is 9.61. The fourth-order valence-electron chi connectivity index (χ4n) is 2.37. The zero-order valence-corrected chi connectivity index (χ0v) is 13.0. The minimum atomic E-state index is -0.145. The van der Waals surface area contributed by atoms with Crippen LogP contribution in [-0.4, -0.2) is 26.8 Å². The van der Waals surface area contributed by atoms with Crippen LogP contribution < -0.4 is 5.32 Å². The number of hydrogen-bond acceptors (Lipinski definition) is 2. The lowest BCUT2D eigenvalue weighted by atomic mass is 9.94. The van der Waals surface area contributed by atoms with Crippen molar-refractivity contribution in [3.8, 4) is 0 Å². The molecule has 0 saturated carbocycles. The van der Waals surface area contributed by atoms with Crippen LogP contribution >= 0.6 is 0 Å². The van der Waals surface area contributed by atoms with E-state index in [1.807, 2.05) is 6.07 Å². The van der Waals surface area contributed by atoms with Crippen LogP contribution in [0.5, 0.6) is 0 Å². The van der Waals surface area contributed by atoms with Gasteiger partial charge in [0.15, 0.2) is 0 Å². The summed E-state index contributed by atoms with van der Waals surface area (Å²) in [5.74, 6) is 1.04. The van der Waals surface area contributed by atoms with E-state index in [1.54, 1.807) is 19.2 Å². The lowest BCUT2D eigenvalue weighted by molar-refractivity contribution is 0.186. The molecule has 0 amide bonds. The van der Waals surface area contributed by atoms with Crippen LogP contribution in [0.1, 0.15) is 32.3 Å². The van der Waals surface area contributed by atoms with Gasteiger partial charge in [-0.15, -0.1) is 0 Å². The van der Waals surface area contributed by atoms with Crippen molar-refractivity contribution in [3.05, 3.63) is 35.6 Å². The first-order valence-corrected chi connectivity index (χ1v) is 7.56. The van der Waals surface area contributed by atoms with Crippen LogP contribution in [0.2, 0.25) is 0 Å². The second-order valence-electron chi connectivity index (χ2n) is 5.89. The summed E-state index contributed by atoms with van der Waals surface area (Å²) in [4.78, 5) is 0. The molecule has 0 heterocycles. The molecule has 1 atom stereocenters. The number of rotatable bonds is 10. The first-order valence-electron chi connectivity index (χ1n) is 7.56. The highest BCUT2D eigenvalue weighted by atomic mass is 19.1. The number of benzene rings is 1. The van der Waals surface area contributed by atoms with Gasteiger partial charge in [-0.05, 0) is 61.9 Å². The van der Waals surface area contributed by atoms with E-state index in [-0.39, 0.29) is 5.82 Å². The summed E-state index contributed by atoms with van der Waals surface area (Å²) in [6, 6.07) is 6.94. The van der Waals surface area contributed by atoms with Gasteiger partial charge in [0, 0.05) is 13.7 Å². The van der Waals surface area contributed by atoms with Crippen LogP contribution in [0.25, 0.3) is 0 Å². The molecular weight excluding hydrogens is 253 g/mol. The molecule has 20 heavy (non-hydrogen) atoms. The normalized spacial score (nSPS) is 12.8. The minimum absolute atomic E-state index is 0.145. The lowest BCUT2D eigenvalue weighted by Crippen LogP contribution is -2.27. The molecule has 0 fully saturated rings. The Balaban J connectivity index is 2.47. The minimum Gasteiger partial charge on any atom is -0.385 e. The zero-order chi connectivity index (χ0) is 14.8. The quantitative estimate of drug-likeness (QED) is 0.661. The van der Waals surface area contributed by atoms with E-state index in [0.29, 0.717) is 11.8 Å². The lowest BCUT2D eigenvalue weighted by Gasteiger charge is -2.18. The monoisotopic (exact) mass is 281 g/mol. The van der Waals surface area contributed by atoms with Crippen molar-refractivity contribution in [2.75, 3.05) is 26.8 Å². The largest absolute Gasteiger partial charge is 0.385 e. The molecule has 1 unspecified atom stereocenters. The van der Waals surface area contributed by atoms with Gasteiger partial charge in [-0.2, -0.15) is 0 Å². The molecule has 0 aromatic heterocycles. The van der Waals surface area contributed by atoms with Crippen LogP contribution in [-0.2, 0) is 11.2 Å². The van der Waals surface area contributed by atoms with Crippen LogP contribution in [0.3, 0.4) is 0 Å². The molecule has 3 heteroatoms. The van der Waals surface area contributed by atoms with Gasteiger partial charge in [-0.25, -0.2) is 4.39 Å². The zero-order valence-electron chi connectivity index (χ0n) is 13.0. The van der Waals surface area contributed by atoms with Gasteiger partial charge in [0.05, 0.1) is 0 Å². The fourth-order valence-corrected chi connectivity index (χ4v) is 2.37. The Morgan fingerprint density at radius 3 is 2.70 bits per heavy atom. The Hall–Kier alpha value is -0.930. The maximum Gasteiger partial charge on any atom is 0.123 e. The Morgan fingerprint density at radius 2 is 2.05 bits per heavy atom. The van der Waals surface area contributed by atoms with Gasteiger partial charge in [0.25, 0.3) is 0 Å². The van der Waals surface area contributed by atoms with Crippen molar-refractivity contribution < 1.29 is 9.13 Å². The third-order valence-corrected chi connectivity index (χ3v) is 3.36. The molecule has 114 valence electrons. The highest BCUT2D eigenvalue weighted by Gasteiger charge is 2.10. The highest BCUT2D eigenvalue weighted by Crippen LogP contribution is 2.15. The van der Waals surface area contributed by atoms with E-state index in [2.05, 4.69) is 19.2 Å². The SMILES string of the molecule is COCCCC(CNCC(C)C)Cc1cccc(F)c1. The predicted molar refractivity (Wildman–Crippen MR) is 82.4 cm³/mol. The molecule has 1 aromatic carbocycles. The molecule has 0 aliphatic rings. The molecule has 0 bridgehead atoms. The van der Waals surface area contributed by atoms with Crippen molar-refractivity contribution in [3.63, 3.8) is 0 Å². The molecule has 0 spiro atoms. The Kier molecular flexibility index (Phi) is 8.47. The maximum absolute atomic E-state index is 13.2. The van der Waals surface area contributed by atoms with E-state index in [9.17, 15) is 4.39 Å². The van der Waals surface area contributed by atoms with Gasteiger partial charge in [0.1, 0.15) is 5.82 Å². The van der Waals surface area contributed by atoms with E-state index < -0.39 is 0 Å². The number of halogens is 1. The third kappa shape index (κ3) is 7.61. The summed E-state index contributed by atoms with van der Waals surface area (Å²) in [5.41, 5.74) is 1.08. The summed E-state index contributed by atoms with van der Waals surface area (Å²) in [7, 11) is 1.73. The standard InChI is InChI=1S/C17H28FNO/c1-14(2)12-19-13-16(7-5-9-20-3)10-15-6-4-8-17(18)11-15/h4,6,8,11,14,16,19H,5,7,9-10,12-13H2,1-3H3. The molecule has 0 aliphatic heterocycles. The van der Waals surface area contributed by atoms with Crippen LogP contribution in [0.4, 0.5) is 4.39 Å². The van der Waals surface area contributed by atoms with Crippen molar-refractivity contribution in [1.29, 1.82) is 0 Å². The smallest absolute Gasteiger partial charge is 0.123 e. The average molecular weight is 281 g/mol. The van der Waals surface area contributed by atoms with E-state index in [4.69, 9.17) is 4.74 Å². The number of methoxy groups -OCH3 is 1. The Morgan fingerprint density at radius 1 is 1.25 bits per heavy atom. The van der Waals surface area contributed by atoms with Gasteiger partial charge in [-0.1, -0.05) is 26.0 Å². The summed E-state index contributed by atoms with van der Waals surface area (Å²) in [6.45, 7) is 7.23. The van der Waals surface area contributed by atoms with Gasteiger partial charge in [-0.3, -0.25) is 0 Å². The van der Waals surface area contributed by atoms with E-state index >= 15 is 0 Å². The van der Waals surface area contributed by atoms with Crippen molar-refractivity contribution >= 4 is 0 Å². The number of hydrogen-bond donors (Lipinski definition) is 1. The van der Waals surface area contributed by atoms with Crippen LogP contribution in [0.15, 0.2) is 24.3 Å². The van der Waals surface area contributed by atoms with Gasteiger partial charge >= 0.3 is 0 Å². The molecule has 2 nitrogen and oxygen atoms in total. The fraction of sp³-hybridized carbons (Fsp3) is 0.647. The van der Waals surface area contributed by atoms with Crippen molar-refractivity contribution in [1.82, 2.24) is 5.32 Å². The molecule has 1 rings (SSSR count). The van der Waals surface area contributed by atoms with Crippen LogP contribution in [0, 0.1) is 17.7 Å². The molecule has 1 N–H and O–H groups in total. The summed E-state index contributed by atoms with van der Waals surface area (Å²) in [5, 5.41) is 3.51.